The Balaban J connectivity index is 1.18. The molecule has 1 atom stereocenters. The van der Waals surface area contributed by atoms with Gasteiger partial charge in [-0.15, -0.1) is 0 Å². The fraction of sp³-hybridized carbons (Fsp3) is 0.571. The Morgan fingerprint density at radius 1 is 1.20 bits per heavy atom. The average molecular weight is 476 g/mol. The molecular weight excluding hydrogens is 438 g/mol. The van der Waals surface area contributed by atoms with Crippen LogP contribution in [-0.4, -0.2) is 71.9 Å². The zero-order chi connectivity index (χ0) is 23.8. The Hall–Kier alpha value is -2.64. The summed E-state index contributed by atoms with van der Waals surface area (Å²) in [5.74, 6) is 1.09. The van der Waals surface area contributed by atoms with Crippen LogP contribution in [0.1, 0.15) is 44.6 Å². The highest BCUT2D eigenvalue weighted by Crippen LogP contribution is 2.39. The van der Waals surface area contributed by atoms with E-state index in [1.165, 1.54) is 16.8 Å². The normalized spacial score (nSPS) is 24.6. The number of hydrogen-bond acceptors (Lipinski definition) is 5. The summed E-state index contributed by atoms with van der Waals surface area (Å²) in [5.41, 5.74) is 4.76. The Morgan fingerprint density at radius 3 is 2.69 bits per heavy atom. The molecule has 4 heterocycles. The largest absolute Gasteiger partial charge is 0.375 e. The van der Waals surface area contributed by atoms with Crippen molar-refractivity contribution in [3.05, 3.63) is 48.3 Å². The van der Waals surface area contributed by atoms with Crippen molar-refractivity contribution in [3.63, 3.8) is 0 Å². The second-order valence-corrected chi connectivity index (χ2v) is 10.5. The maximum absolute atomic E-state index is 12.4. The van der Waals surface area contributed by atoms with Crippen molar-refractivity contribution < 1.29 is 9.53 Å². The van der Waals surface area contributed by atoms with Crippen molar-refractivity contribution in [2.75, 3.05) is 50.8 Å². The van der Waals surface area contributed by atoms with Gasteiger partial charge in [0.15, 0.2) is 0 Å². The van der Waals surface area contributed by atoms with Gasteiger partial charge in [-0.25, -0.2) is 4.52 Å². The minimum atomic E-state index is -0.0399. The zero-order valence-electron chi connectivity index (χ0n) is 20.8. The molecule has 1 saturated carbocycles. The molecule has 1 unspecified atom stereocenters. The SMILES string of the molecule is CCOC1(C2C=CC(c3cc4c(N5CCN(C(=O)C6CC6)CC5)ccnn4c3)=CC2)CCNCC1. The smallest absolute Gasteiger partial charge is 0.225 e. The van der Waals surface area contributed by atoms with Crippen LogP contribution in [-0.2, 0) is 9.53 Å². The quantitative estimate of drug-likeness (QED) is 0.693. The van der Waals surface area contributed by atoms with Crippen LogP contribution in [0, 0.1) is 11.8 Å². The molecule has 0 radical (unpaired) electrons. The number of nitrogens with one attached hydrogen (secondary N) is 1. The maximum atomic E-state index is 12.4. The molecule has 4 aliphatic rings. The van der Waals surface area contributed by atoms with Crippen LogP contribution in [0.25, 0.3) is 11.1 Å². The topological polar surface area (TPSA) is 62.1 Å². The first-order valence-electron chi connectivity index (χ1n) is 13.4. The highest BCUT2D eigenvalue weighted by Gasteiger charge is 2.39. The molecule has 2 aromatic rings. The summed E-state index contributed by atoms with van der Waals surface area (Å²) >= 11 is 0. The second-order valence-electron chi connectivity index (χ2n) is 10.5. The third kappa shape index (κ3) is 4.40. The van der Waals surface area contributed by atoms with E-state index in [0.717, 1.165) is 83.5 Å². The van der Waals surface area contributed by atoms with Gasteiger partial charge in [0.2, 0.25) is 5.91 Å². The monoisotopic (exact) mass is 475 g/mol. The van der Waals surface area contributed by atoms with Crippen molar-refractivity contribution in [1.29, 1.82) is 0 Å². The molecule has 7 nitrogen and oxygen atoms in total. The van der Waals surface area contributed by atoms with E-state index in [9.17, 15) is 4.79 Å². The van der Waals surface area contributed by atoms with E-state index in [-0.39, 0.29) is 5.60 Å². The van der Waals surface area contributed by atoms with Crippen molar-refractivity contribution in [2.24, 2.45) is 11.8 Å². The lowest BCUT2D eigenvalue weighted by atomic mass is 9.75. The number of amides is 1. The van der Waals surface area contributed by atoms with Gasteiger partial charge in [-0.2, -0.15) is 5.10 Å². The minimum Gasteiger partial charge on any atom is -0.375 e. The van der Waals surface area contributed by atoms with Gasteiger partial charge in [0.05, 0.1) is 16.8 Å². The Labute approximate surface area is 207 Å². The Morgan fingerprint density at radius 2 is 2.00 bits per heavy atom. The van der Waals surface area contributed by atoms with E-state index >= 15 is 0 Å². The van der Waals surface area contributed by atoms with Crippen molar-refractivity contribution in [3.8, 4) is 0 Å². The van der Waals surface area contributed by atoms with Crippen molar-refractivity contribution in [1.82, 2.24) is 19.8 Å². The van der Waals surface area contributed by atoms with Crippen LogP contribution >= 0.6 is 0 Å². The molecule has 0 bridgehead atoms. The molecule has 2 aliphatic carbocycles. The number of aromatic nitrogens is 2. The number of hydrogen-bond donors (Lipinski definition) is 1. The molecule has 35 heavy (non-hydrogen) atoms. The van der Waals surface area contributed by atoms with E-state index < -0.39 is 0 Å². The summed E-state index contributed by atoms with van der Waals surface area (Å²) in [5, 5.41) is 8.08. The van der Waals surface area contributed by atoms with E-state index in [0.29, 0.717) is 17.7 Å². The maximum Gasteiger partial charge on any atom is 0.225 e. The van der Waals surface area contributed by atoms with Crippen LogP contribution in [0.5, 0.6) is 0 Å². The molecule has 7 heteroatoms. The number of carbonyl (C=O) groups is 1. The first-order chi connectivity index (χ1) is 17.2. The highest BCUT2D eigenvalue weighted by atomic mass is 16.5. The van der Waals surface area contributed by atoms with Crippen LogP contribution in [0.3, 0.4) is 0 Å². The zero-order valence-corrected chi connectivity index (χ0v) is 20.8. The van der Waals surface area contributed by atoms with Gasteiger partial charge in [0.1, 0.15) is 0 Å². The summed E-state index contributed by atoms with van der Waals surface area (Å²) in [4.78, 5) is 16.9. The number of nitrogens with zero attached hydrogens (tertiary/aromatic N) is 4. The van der Waals surface area contributed by atoms with E-state index in [1.807, 2.05) is 10.7 Å². The van der Waals surface area contributed by atoms with Gasteiger partial charge in [-0.1, -0.05) is 18.2 Å². The molecule has 1 N–H and O–H groups in total. The number of anilines is 1. The molecule has 2 aromatic heterocycles. The number of piperidine rings is 1. The lowest BCUT2D eigenvalue weighted by Gasteiger charge is -2.43. The van der Waals surface area contributed by atoms with Gasteiger partial charge in [0.25, 0.3) is 0 Å². The molecule has 186 valence electrons. The van der Waals surface area contributed by atoms with E-state index in [4.69, 9.17) is 4.74 Å². The van der Waals surface area contributed by atoms with Gasteiger partial charge >= 0.3 is 0 Å². The Kier molecular flexibility index (Phi) is 6.14. The van der Waals surface area contributed by atoms with Crippen molar-refractivity contribution >= 4 is 22.7 Å². The number of piperazine rings is 1. The summed E-state index contributed by atoms with van der Waals surface area (Å²) < 4.78 is 8.36. The van der Waals surface area contributed by atoms with Crippen LogP contribution in [0.15, 0.2) is 42.8 Å². The fourth-order valence-electron chi connectivity index (χ4n) is 6.17. The van der Waals surface area contributed by atoms with Crippen LogP contribution in [0.2, 0.25) is 0 Å². The fourth-order valence-corrected chi connectivity index (χ4v) is 6.17. The average Bonchev–Trinajstić information content (AvgIpc) is 3.67. The summed E-state index contributed by atoms with van der Waals surface area (Å²) in [6.45, 7) is 8.30. The predicted molar refractivity (Wildman–Crippen MR) is 138 cm³/mol. The van der Waals surface area contributed by atoms with Gasteiger partial charge < -0.3 is 19.9 Å². The van der Waals surface area contributed by atoms with Gasteiger partial charge in [-0.3, -0.25) is 4.79 Å². The van der Waals surface area contributed by atoms with Crippen molar-refractivity contribution in [2.45, 2.75) is 44.6 Å². The number of ether oxygens (including phenoxy) is 1. The minimum absolute atomic E-state index is 0.0399. The third-order valence-electron chi connectivity index (χ3n) is 8.34. The van der Waals surface area contributed by atoms with E-state index in [1.54, 1.807) is 0 Å². The number of fused-ring (bicyclic) bond motifs is 1. The summed E-state index contributed by atoms with van der Waals surface area (Å²) in [6.07, 6.45) is 16.4. The first kappa shape index (κ1) is 22.8. The van der Waals surface area contributed by atoms with Gasteiger partial charge in [-0.05, 0) is 69.8 Å². The van der Waals surface area contributed by atoms with Crippen LogP contribution < -0.4 is 10.2 Å². The number of allylic oxidation sites excluding steroid dienone is 3. The summed E-state index contributed by atoms with van der Waals surface area (Å²) in [6, 6.07) is 4.38. The molecule has 3 fully saturated rings. The molecule has 2 aliphatic heterocycles. The summed E-state index contributed by atoms with van der Waals surface area (Å²) in [7, 11) is 0. The third-order valence-corrected chi connectivity index (χ3v) is 8.34. The van der Waals surface area contributed by atoms with Crippen LogP contribution in [0.4, 0.5) is 5.69 Å². The number of rotatable bonds is 6. The standard InChI is InChI=1S/C28H37N5O2/c1-2-35-28(10-13-29-14-11-28)24-7-5-21(6-8-24)23-19-26-25(9-12-30-33(26)20-23)31-15-17-32(18-16-31)27(34)22-3-4-22/h5-7,9,12,19-20,22,24,29H,2-4,8,10-11,13-18H2,1H3. The first-order valence-corrected chi connectivity index (χ1v) is 13.4. The van der Waals surface area contributed by atoms with E-state index in [2.05, 4.69) is 63.7 Å². The molecule has 1 amide bonds. The second kappa shape index (κ2) is 9.43. The lowest BCUT2D eigenvalue weighted by Crippen LogP contribution is -2.49. The highest BCUT2D eigenvalue weighted by molar-refractivity contribution is 5.83. The Bertz CT molecular complexity index is 1130. The molecular formula is C28H37N5O2. The van der Waals surface area contributed by atoms with Gasteiger partial charge in [0, 0.05) is 62.6 Å². The predicted octanol–water partition coefficient (Wildman–Crippen LogP) is 3.51. The molecule has 6 rings (SSSR count). The molecule has 0 spiro atoms. The molecule has 0 aromatic carbocycles. The lowest BCUT2D eigenvalue weighted by molar-refractivity contribution is -0.132. The molecule has 2 saturated heterocycles. The number of carbonyl (C=O) groups excluding carboxylic acids is 1.